The number of aryl methyl sites for hydroxylation is 1. The maximum atomic E-state index is 11.9. The monoisotopic (exact) mass is 532 g/mol. The van der Waals surface area contributed by atoms with Gasteiger partial charge in [-0.15, -0.1) is 10.2 Å². The summed E-state index contributed by atoms with van der Waals surface area (Å²) in [6.07, 6.45) is 4.23. The van der Waals surface area contributed by atoms with Crippen LogP contribution < -0.4 is 15.4 Å². The van der Waals surface area contributed by atoms with E-state index in [1.165, 1.54) is 6.33 Å². The summed E-state index contributed by atoms with van der Waals surface area (Å²) < 4.78 is 12.7. The molecule has 40 heavy (non-hydrogen) atoms. The Morgan fingerprint density at radius 3 is 2.70 bits per heavy atom. The Balaban J connectivity index is 1.25. The van der Waals surface area contributed by atoms with Crippen LogP contribution in [0.1, 0.15) is 12.5 Å². The minimum atomic E-state index is -0.489. The van der Waals surface area contributed by atoms with E-state index in [9.17, 15) is 4.79 Å². The zero-order valence-corrected chi connectivity index (χ0v) is 21.7. The lowest BCUT2D eigenvalue weighted by atomic mass is 10.0. The molecule has 198 valence electrons. The van der Waals surface area contributed by atoms with Gasteiger partial charge >= 0.3 is 6.09 Å². The van der Waals surface area contributed by atoms with Crippen LogP contribution in [0.25, 0.3) is 27.7 Å². The number of carbonyl (C=O) groups excluding carboxylic acids is 1. The quantitative estimate of drug-likeness (QED) is 0.249. The average Bonchev–Trinajstić information content (AvgIpc) is 3.43. The fraction of sp³-hybridized carbons (Fsp3) is 0.103. The van der Waals surface area contributed by atoms with Gasteiger partial charge in [0.15, 0.2) is 5.65 Å². The van der Waals surface area contributed by atoms with E-state index in [0.717, 1.165) is 33.3 Å². The molecule has 0 saturated carbocycles. The molecule has 0 spiro atoms. The summed E-state index contributed by atoms with van der Waals surface area (Å²) in [5.74, 6) is 1.77. The predicted molar refractivity (Wildman–Crippen MR) is 151 cm³/mol. The molecule has 11 nitrogen and oxygen atoms in total. The van der Waals surface area contributed by atoms with Crippen molar-refractivity contribution in [3.63, 3.8) is 0 Å². The summed E-state index contributed by atoms with van der Waals surface area (Å²) in [6, 6.07) is 21.0. The van der Waals surface area contributed by atoms with Gasteiger partial charge in [0.05, 0.1) is 12.1 Å². The second kappa shape index (κ2) is 10.7. The molecule has 6 aromatic rings. The molecule has 0 atom stereocenters. The van der Waals surface area contributed by atoms with Crippen molar-refractivity contribution in [2.75, 3.05) is 17.2 Å². The Morgan fingerprint density at radius 2 is 1.82 bits per heavy atom. The first-order chi connectivity index (χ1) is 19.6. The predicted octanol–water partition coefficient (Wildman–Crippen LogP) is 6.15. The maximum Gasteiger partial charge on any atom is 0.411 e. The highest BCUT2D eigenvalue weighted by atomic mass is 16.5. The van der Waals surface area contributed by atoms with Gasteiger partial charge in [0, 0.05) is 22.8 Å². The Kier molecular flexibility index (Phi) is 6.59. The number of fused-ring (bicyclic) bond motifs is 2. The van der Waals surface area contributed by atoms with Crippen LogP contribution in [0.5, 0.6) is 11.6 Å². The van der Waals surface area contributed by atoms with E-state index < -0.39 is 6.09 Å². The molecule has 3 aromatic carbocycles. The highest BCUT2D eigenvalue weighted by Crippen LogP contribution is 2.32. The topological polar surface area (TPSA) is 128 Å². The van der Waals surface area contributed by atoms with E-state index in [1.807, 2.05) is 67.6 Å². The minimum absolute atomic E-state index is 0.304. The van der Waals surface area contributed by atoms with Crippen molar-refractivity contribution in [2.24, 2.45) is 0 Å². The molecule has 0 saturated heterocycles. The van der Waals surface area contributed by atoms with Crippen LogP contribution in [-0.2, 0) is 4.74 Å². The lowest BCUT2D eigenvalue weighted by molar-refractivity contribution is 0.168. The first-order valence-electron chi connectivity index (χ1n) is 12.6. The van der Waals surface area contributed by atoms with Crippen LogP contribution in [0.15, 0.2) is 85.7 Å². The molecule has 6 rings (SSSR count). The lowest BCUT2D eigenvalue weighted by Gasteiger charge is -2.13. The number of rotatable bonds is 7. The molecule has 3 aromatic heterocycles. The maximum absolute atomic E-state index is 11.9. The number of nitrogens with zero attached hydrogens (tertiary/aromatic N) is 6. The molecular weight excluding hydrogens is 508 g/mol. The standard InChI is InChI=1S/C29H24N8O3/c1-3-39-29(38)35-21-6-4-5-19(12-21)20-7-9-24-23(13-20)28(31-15-30-24)34-22-8-10-25(18(2)11-22)40-27-14-26-36-33-17-37(26)16-32-27/h4-17H,3H2,1-2H3,(H,35,38)(H,30,31,34). The minimum Gasteiger partial charge on any atom is -0.450 e. The van der Waals surface area contributed by atoms with E-state index in [4.69, 9.17) is 9.47 Å². The SMILES string of the molecule is CCOC(=O)Nc1cccc(-c2ccc3ncnc(Nc4ccc(Oc5cc6nncn6cn5)c(C)c4)c3c2)c1. The molecular formula is C29H24N8O3. The van der Waals surface area contributed by atoms with Crippen molar-refractivity contribution in [1.82, 2.24) is 29.5 Å². The van der Waals surface area contributed by atoms with Crippen molar-refractivity contribution in [1.29, 1.82) is 0 Å². The number of ether oxygens (including phenoxy) is 2. The van der Waals surface area contributed by atoms with Gasteiger partial charge in [0.2, 0.25) is 5.88 Å². The van der Waals surface area contributed by atoms with E-state index >= 15 is 0 Å². The summed E-state index contributed by atoms with van der Waals surface area (Å²) in [6.45, 7) is 4.03. The number of amides is 1. The van der Waals surface area contributed by atoms with Crippen LogP contribution in [0, 0.1) is 6.92 Å². The Morgan fingerprint density at radius 1 is 0.925 bits per heavy atom. The summed E-state index contributed by atoms with van der Waals surface area (Å²) in [7, 11) is 0. The Hall–Kier alpha value is -5.58. The fourth-order valence-electron chi connectivity index (χ4n) is 4.25. The third kappa shape index (κ3) is 5.20. The molecule has 1 amide bonds. The number of hydrogen-bond acceptors (Lipinski definition) is 9. The second-order valence-electron chi connectivity index (χ2n) is 8.91. The molecule has 0 fully saturated rings. The summed E-state index contributed by atoms with van der Waals surface area (Å²) >= 11 is 0. The molecule has 3 heterocycles. The van der Waals surface area contributed by atoms with Crippen LogP contribution >= 0.6 is 0 Å². The van der Waals surface area contributed by atoms with Gasteiger partial charge in [0.1, 0.15) is 30.5 Å². The van der Waals surface area contributed by atoms with Crippen LogP contribution in [0.2, 0.25) is 0 Å². The van der Waals surface area contributed by atoms with Crippen molar-refractivity contribution in [2.45, 2.75) is 13.8 Å². The number of benzene rings is 3. The first-order valence-corrected chi connectivity index (χ1v) is 12.6. The normalized spacial score (nSPS) is 10.9. The lowest BCUT2D eigenvalue weighted by Crippen LogP contribution is -2.13. The summed E-state index contributed by atoms with van der Waals surface area (Å²) in [4.78, 5) is 25.1. The number of hydrogen-bond donors (Lipinski definition) is 2. The van der Waals surface area contributed by atoms with Gasteiger partial charge in [-0.3, -0.25) is 9.72 Å². The van der Waals surface area contributed by atoms with Crippen molar-refractivity contribution in [3.8, 4) is 22.8 Å². The average molecular weight is 533 g/mol. The van der Waals surface area contributed by atoms with Gasteiger partial charge in [-0.2, -0.15) is 0 Å². The van der Waals surface area contributed by atoms with E-state index in [1.54, 1.807) is 30.0 Å². The van der Waals surface area contributed by atoms with Crippen molar-refractivity contribution < 1.29 is 14.3 Å². The first kappa shape index (κ1) is 24.7. The molecule has 0 aliphatic rings. The second-order valence-corrected chi connectivity index (χ2v) is 8.91. The number of nitrogens with one attached hydrogen (secondary N) is 2. The number of anilines is 3. The highest BCUT2D eigenvalue weighted by Gasteiger charge is 2.11. The molecule has 0 aliphatic heterocycles. The molecule has 0 unspecified atom stereocenters. The van der Waals surface area contributed by atoms with Crippen molar-refractivity contribution in [3.05, 3.63) is 91.3 Å². The molecule has 0 aliphatic carbocycles. The van der Waals surface area contributed by atoms with Gasteiger partial charge in [-0.25, -0.2) is 19.7 Å². The van der Waals surface area contributed by atoms with Crippen LogP contribution in [-0.4, -0.2) is 42.3 Å². The number of carbonyl (C=O) groups is 1. The van der Waals surface area contributed by atoms with Crippen LogP contribution in [0.4, 0.5) is 22.0 Å². The van der Waals surface area contributed by atoms with Gasteiger partial charge < -0.3 is 14.8 Å². The molecule has 0 bridgehead atoms. The Labute approximate surface area is 228 Å². The van der Waals surface area contributed by atoms with E-state index in [0.29, 0.717) is 35.4 Å². The highest BCUT2D eigenvalue weighted by molar-refractivity contribution is 5.94. The summed E-state index contributed by atoms with van der Waals surface area (Å²) in [5, 5.41) is 14.9. The van der Waals surface area contributed by atoms with Gasteiger partial charge in [0.25, 0.3) is 0 Å². The van der Waals surface area contributed by atoms with Gasteiger partial charge in [-0.1, -0.05) is 18.2 Å². The van der Waals surface area contributed by atoms with E-state index in [2.05, 4.69) is 35.8 Å². The van der Waals surface area contributed by atoms with E-state index in [-0.39, 0.29) is 0 Å². The largest absolute Gasteiger partial charge is 0.450 e. The fourth-order valence-corrected chi connectivity index (χ4v) is 4.25. The third-order valence-corrected chi connectivity index (χ3v) is 6.17. The molecule has 2 N–H and O–H groups in total. The zero-order valence-electron chi connectivity index (χ0n) is 21.7. The van der Waals surface area contributed by atoms with Crippen molar-refractivity contribution >= 4 is 39.8 Å². The molecule has 0 radical (unpaired) electrons. The zero-order chi connectivity index (χ0) is 27.5. The Bertz CT molecular complexity index is 1850. The van der Waals surface area contributed by atoms with Gasteiger partial charge in [-0.05, 0) is 73.0 Å². The smallest absolute Gasteiger partial charge is 0.411 e. The molecule has 11 heteroatoms. The number of aromatic nitrogens is 6. The van der Waals surface area contributed by atoms with Crippen LogP contribution in [0.3, 0.4) is 0 Å². The third-order valence-electron chi connectivity index (χ3n) is 6.17. The summed E-state index contributed by atoms with van der Waals surface area (Å²) in [5.41, 5.74) is 5.74.